The monoisotopic (exact) mass is 300 g/mol. The van der Waals surface area contributed by atoms with Gasteiger partial charge in [-0.1, -0.05) is 19.3 Å². The first-order chi connectivity index (χ1) is 9.31. The molecule has 3 fully saturated rings. The first-order valence-corrected chi connectivity index (χ1v) is 8.32. The van der Waals surface area contributed by atoms with Crippen molar-refractivity contribution in [1.82, 2.24) is 4.90 Å². The summed E-state index contributed by atoms with van der Waals surface area (Å²) in [5.41, 5.74) is 5.85. The maximum absolute atomic E-state index is 12.9. The number of hydrogen-bond acceptors (Lipinski definition) is 2. The van der Waals surface area contributed by atoms with Gasteiger partial charge < -0.3 is 10.6 Å². The molecule has 2 N–H and O–H groups in total. The first-order valence-electron chi connectivity index (χ1n) is 8.32. The second kappa shape index (κ2) is 7.13. The van der Waals surface area contributed by atoms with E-state index in [2.05, 4.69) is 4.90 Å². The molecule has 1 saturated heterocycles. The number of nitrogens with two attached hydrogens (primary N) is 1. The lowest BCUT2D eigenvalue weighted by atomic mass is 9.77. The lowest BCUT2D eigenvalue weighted by molar-refractivity contribution is -0.143. The third-order valence-electron chi connectivity index (χ3n) is 5.81. The highest BCUT2D eigenvalue weighted by Gasteiger charge is 2.41. The highest BCUT2D eigenvalue weighted by molar-refractivity contribution is 5.85. The van der Waals surface area contributed by atoms with Gasteiger partial charge >= 0.3 is 0 Å². The van der Waals surface area contributed by atoms with Crippen LogP contribution in [0.15, 0.2) is 0 Å². The molecule has 0 aromatic heterocycles. The van der Waals surface area contributed by atoms with Crippen LogP contribution in [0.25, 0.3) is 0 Å². The molecule has 4 atom stereocenters. The molecule has 0 aromatic carbocycles. The Bertz CT molecular complexity index is 334. The average Bonchev–Trinajstić information content (AvgIpc) is 2.94. The van der Waals surface area contributed by atoms with Crippen molar-refractivity contribution in [2.24, 2.45) is 23.5 Å². The van der Waals surface area contributed by atoms with Gasteiger partial charge in [0.1, 0.15) is 0 Å². The molecular formula is C16H29ClN2O. The van der Waals surface area contributed by atoms with Crippen LogP contribution in [0.5, 0.6) is 0 Å². The molecule has 1 amide bonds. The van der Waals surface area contributed by atoms with E-state index in [1.807, 2.05) is 0 Å². The summed E-state index contributed by atoms with van der Waals surface area (Å²) in [6.07, 6.45) is 11.3. The number of likely N-dealkylation sites (tertiary alicyclic amines) is 1. The van der Waals surface area contributed by atoms with Gasteiger partial charge in [0.25, 0.3) is 0 Å². The Morgan fingerprint density at radius 3 is 2.55 bits per heavy atom. The Labute approximate surface area is 129 Å². The predicted octanol–water partition coefficient (Wildman–Crippen LogP) is 2.96. The zero-order valence-corrected chi connectivity index (χ0v) is 13.2. The van der Waals surface area contributed by atoms with Gasteiger partial charge in [-0.15, -0.1) is 12.4 Å². The minimum Gasteiger partial charge on any atom is -0.339 e. The van der Waals surface area contributed by atoms with Gasteiger partial charge in [0.15, 0.2) is 0 Å². The lowest BCUT2D eigenvalue weighted by Crippen LogP contribution is -2.52. The van der Waals surface area contributed by atoms with Gasteiger partial charge in [-0.25, -0.2) is 0 Å². The highest BCUT2D eigenvalue weighted by Crippen LogP contribution is 2.39. The maximum atomic E-state index is 12.9. The molecule has 20 heavy (non-hydrogen) atoms. The van der Waals surface area contributed by atoms with Crippen LogP contribution in [0.4, 0.5) is 0 Å². The standard InChI is InChI=1S/C16H28N2O.ClH/c17-11-13-6-3-8-14(13)16(19)18-10-4-7-12-5-1-2-9-15(12)18;/h12-15H,1-11,17H2;1H/t12-,13-,14-,15-;/m1./s1. The molecule has 0 bridgehead atoms. The minimum atomic E-state index is 0. The smallest absolute Gasteiger partial charge is 0.226 e. The van der Waals surface area contributed by atoms with Crippen LogP contribution in [0.3, 0.4) is 0 Å². The fraction of sp³-hybridized carbons (Fsp3) is 0.938. The van der Waals surface area contributed by atoms with E-state index in [9.17, 15) is 4.79 Å². The van der Waals surface area contributed by atoms with E-state index >= 15 is 0 Å². The summed E-state index contributed by atoms with van der Waals surface area (Å²) in [4.78, 5) is 15.2. The molecule has 2 aliphatic carbocycles. The van der Waals surface area contributed by atoms with E-state index in [0.29, 0.717) is 24.4 Å². The summed E-state index contributed by atoms with van der Waals surface area (Å²) < 4.78 is 0. The molecular weight excluding hydrogens is 272 g/mol. The van der Waals surface area contributed by atoms with E-state index in [1.54, 1.807) is 0 Å². The second-order valence-electron chi connectivity index (χ2n) is 6.82. The fourth-order valence-electron chi connectivity index (χ4n) is 4.76. The Kier molecular flexibility index (Phi) is 5.74. The molecule has 0 spiro atoms. The number of carbonyl (C=O) groups is 1. The van der Waals surface area contributed by atoms with Gasteiger partial charge in [-0.2, -0.15) is 0 Å². The predicted molar refractivity (Wildman–Crippen MR) is 83.8 cm³/mol. The van der Waals surface area contributed by atoms with Crippen LogP contribution >= 0.6 is 12.4 Å². The molecule has 0 unspecified atom stereocenters. The van der Waals surface area contributed by atoms with E-state index in [-0.39, 0.29) is 18.3 Å². The molecule has 3 nitrogen and oxygen atoms in total. The van der Waals surface area contributed by atoms with Crippen molar-refractivity contribution >= 4 is 18.3 Å². The number of rotatable bonds is 2. The first kappa shape index (κ1) is 16.1. The molecule has 3 rings (SSSR count). The average molecular weight is 301 g/mol. The molecule has 0 radical (unpaired) electrons. The van der Waals surface area contributed by atoms with Crippen LogP contribution in [0, 0.1) is 17.8 Å². The molecule has 3 aliphatic rings. The molecule has 0 aromatic rings. The highest BCUT2D eigenvalue weighted by atomic mass is 35.5. The summed E-state index contributed by atoms with van der Waals surface area (Å²) in [6, 6.07) is 0.564. The Morgan fingerprint density at radius 1 is 1.00 bits per heavy atom. The number of amides is 1. The van der Waals surface area contributed by atoms with E-state index in [0.717, 1.165) is 25.3 Å². The molecule has 1 heterocycles. The molecule has 4 heteroatoms. The van der Waals surface area contributed by atoms with Gasteiger partial charge in [0, 0.05) is 18.5 Å². The molecule has 1 aliphatic heterocycles. The van der Waals surface area contributed by atoms with Crippen molar-refractivity contribution in [1.29, 1.82) is 0 Å². The van der Waals surface area contributed by atoms with E-state index in [4.69, 9.17) is 5.73 Å². The van der Waals surface area contributed by atoms with Crippen LogP contribution < -0.4 is 5.73 Å². The van der Waals surface area contributed by atoms with Crippen molar-refractivity contribution in [3.63, 3.8) is 0 Å². The SMILES string of the molecule is Cl.NC[C@H]1CCC[C@H]1C(=O)N1CCC[C@H]2CCCC[C@H]21. The van der Waals surface area contributed by atoms with Gasteiger partial charge in [0.2, 0.25) is 5.91 Å². The number of fused-ring (bicyclic) bond motifs is 1. The summed E-state index contributed by atoms with van der Waals surface area (Å²) >= 11 is 0. The van der Waals surface area contributed by atoms with Crippen LogP contribution in [0.1, 0.15) is 57.8 Å². The largest absolute Gasteiger partial charge is 0.339 e. The number of halogens is 1. The normalized spacial score (nSPS) is 37.1. The fourth-order valence-corrected chi connectivity index (χ4v) is 4.76. The Hall–Kier alpha value is -0.280. The lowest BCUT2D eigenvalue weighted by Gasteiger charge is -2.45. The topological polar surface area (TPSA) is 46.3 Å². The van der Waals surface area contributed by atoms with Gasteiger partial charge in [0.05, 0.1) is 0 Å². The zero-order valence-electron chi connectivity index (χ0n) is 12.4. The summed E-state index contributed by atoms with van der Waals surface area (Å²) in [5.74, 6) is 1.94. The van der Waals surface area contributed by atoms with E-state index < -0.39 is 0 Å². The molecule has 2 saturated carbocycles. The minimum absolute atomic E-state index is 0. The Balaban J connectivity index is 0.00000147. The van der Waals surface area contributed by atoms with Crippen molar-refractivity contribution in [2.45, 2.75) is 63.8 Å². The summed E-state index contributed by atoms with van der Waals surface area (Å²) in [7, 11) is 0. The third-order valence-corrected chi connectivity index (χ3v) is 5.81. The summed E-state index contributed by atoms with van der Waals surface area (Å²) in [6.45, 7) is 1.70. The van der Waals surface area contributed by atoms with Gasteiger partial charge in [-0.05, 0) is 56.9 Å². The van der Waals surface area contributed by atoms with Crippen LogP contribution in [-0.2, 0) is 4.79 Å². The Morgan fingerprint density at radius 2 is 1.75 bits per heavy atom. The number of nitrogens with zero attached hydrogens (tertiary/aromatic N) is 1. The molecule has 116 valence electrons. The van der Waals surface area contributed by atoms with Gasteiger partial charge in [-0.3, -0.25) is 4.79 Å². The van der Waals surface area contributed by atoms with Crippen molar-refractivity contribution in [2.75, 3.05) is 13.1 Å². The maximum Gasteiger partial charge on any atom is 0.226 e. The zero-order chi connectivity index (χ0) is 13.2. The number of carbonyl (C=O) groups excluding carboxylic acids is 1. The van der Waals surface area contributed by atoms with E-state index in [1.165, 1.54) is 44.9 Å². The van der Waals surface area contributed by atoms with Crippen LogP contribution in [-0.4, -0.2) is 29.9 Å². The van der Waals surface area contributed by atoms with Crippen molar-refractivity contribution < 1.29 is 4.79 Å². The number of piperidine rings is 1. The van der Waals surface area contributed by atoms with Crippen molar-refractivity contribution in [3.05, 3.63) is 0 Å². The number of hydrogen-bond donors (Lipinski definition) is 1. The second-order valence-corrected chi connectivity index (χ2v) is 6.82. The quantitative estimate of drug-likeness (QED) is 0.852. The third kappa shape index (κ3) is 2.99. The van der Waals surface area contributed by atoms with Crippen LogP contribution in [0.2, 0.25) is 0 Å². The van der Waals surface area contributed by atoms with Crippen molar-refractivity contribution in [3.8, 4) is 0 Å². The summed E-state index contributed by atoms with van der Waals surface area (Å²) in [5, 5.41) is 0.